The Balaban J connectivity index is 1.58. The summed E-state index contributed by atoms with van der Waals surface area (Å²) in [5.41, 5.74) is 4.97. The van der Waals surface area contributed by atoms with Crippen LogP contribution in [-0.4, -0.2) is 33.9 Å². The van der Waals surface area contributed by atoms with Gasteiger partial charge in [0.25, 0.3) is 11.5 Å². The largest absolute Gasteiger partial charge is 0.573 e. The number of anilines is 3. The van der Waals surface area contributed by atoms with Gasteiger partial charge in [-0.05, 0) is 48.5 Å². The van der Waals surface area contributed by atoms with E-state index >= 15 is 0 Å². The number of aromatic nitrogens is 2. The smallest absolute Gasteiger partial charge is 0.406 e. The number of nitrogens with two attached hydrogens (primary N) is 1. The van der Waals surface area contributed by atoms with Crippen LogP contribution in [-0.2, 0) is 4.79 Å². The van der Waals surface area contributed by atoms with Gasteiger partial charge in [0.15, 0.2) is 11.0 Å². The summed E-state index contributed by atoms with van der Waals surface area (Å²) >= 11 is 0.826. The number of nitrogen functional groups attached to an aromatic ring is 1. The number of rotatable bonds is 7. The van der Waals surface area contributed by atoms with Crippen molar-refractivity contribution in [1.82, 2.24) is 9.97 Å². The molecule has 0 spiro atoms. The van der Waals surface area contributed by atoms with Crippen molar-refractivity contribution in [2.75, 3.05) is 22.1 Å². The van der Waals surface area contributed by atoms with Crippen molar-refractivity contribution in [1.29, 1.82) is 0 Å². The lowest BCUT2D eigenvalue weighted by molar-refractivity contribution is -0.274. The summed E-state index contributed by atoms with van der Waals surface area (Å²) in [5.74, 6) is -2.74. The fraction of sp³-hybridized carbons (Fsp3) is 0.100. The Labute approximate surface area is 192 Å². The minimum atomic E-state index is -4.83. The van der Waals surface area contributed by atoms with Crippen LogP contribution in [0.15, 0.2) is 58.5 Å². The van der Waals surface area contributed by atoms with Gasteiger partial charge < -0.3 is 21.1 Å². The first-order valence-electron chi connectivity index (χ1n) is 9.25. The van der Waals surface area contributed by atoms with Crippen LogP contribution in [0.25, 0.3) is 0 Å². The molecule has 1 aromatic heterocycles. The third kappa shape index (κ3) is 6.96. The average molecular weight is 497 g/mol. The average Bonchev–Trinajstić information content (AvgIpc) is 2.75. The van der Waals surface area contributed by atoms with Gasteiger partial charge in [-0.15, -0.1) is 13.2 Å². The Morgan fingerprint density at radius 1 is 1.06 bits per heavy atom. The highest BCUT2D eigenvalue weighted by Gasteiger charge is 2.31. The van der Waals surface area contributed by atoms with E-state index in [1.54, 1.807) is 0 Å². The van der Waals surface area contributed by atoms with E-state index in [1.807, 2.05) is 0 Å². The van der Waals surface area contributed by atoms with E-state index in [9.17, 15) is 31.9 Å². The Morgan fingerprint density at radius 2 is 1.71 bits per heavy atom. The van der Waals surface area contributed by atoms with Crippen LogP contribution in [0.4, 0.5) is 34.8 Å². The van der Waals surface area contributed by atoms with Gasteiger partial charge in [-0.25, -0.2) is 9.37 Å². The topological polar surface area (TPSA) is 139 Å². The molecule has 3 rings (SSSR count). The summed E-state index contributed by atoms with van der Waals surface area (Å²) in [4.78, 5) is 42.9. The molecule has 0 bridgehead atoms. The normalized spacial score (nSPS) is 11.1. The van der Waals surface area contributed by atoms with Crippen LogP contribution in [0.3, 0.4) is 0 Å². The summed E-state index contributed by atoms with van der Waals surface area (Å²) in [7, 11) is 0. The SMILES string of the molecule is Nc1nc(SCC(=O)Nc2ccc(OC(F)(F)F)cc2)[nH]c(=O)c1NC(=O)c1ccc(F)cc1. The van der Waals surface area contributed by atoms with Crippen molar-refractivity contribution in [3.63, 3.8) is 0 Å². The number of amides is 2. The number of aromatic amines is 1. The molecule has 0 aliphatic rings. The zero-order chi connectivity index (χ0) is 24.9. The summed E-state index contributed by atoms with van der Waals surface area (Å²) in [5, 5.41) is 4.75. The van der Waals surface area contributed by atoms with E-state index in [2.05, 4.69) is 25.3 Å². The lowest BCUT2D eigenvalue weighted by Crippen LogP contribution is -2.23. The standard InChI is InChI=1S/C20H15F4N5O4S/c21-11-3-1-10(2-4-11)17(31)27-15-16(25)28-19(29-18(15)32)34-9-14(30)26-12-5-7-13(8-6-12)33-20(22,23)24/h1-8H,9H2,(H,26,30)(H,27,31)(H3,25,28,29,32). The second kappa shape index (κ2) is 10.2. The zero-order valence-electron chi connectivity index (χ0n) is 16.9. The minimum Gasteiger partial charge on any atom is -0.406 e. The van der Waals surface area contributed by atoms with Gasteiger partial charge in [0.05, 0.1) is 5.75 Å². The third-order valence-electron chi connectivity index (χ3n) is 3.98. The molecule has 2 amide bonds. The monoisotopic (exact) mass is 497 g/mol. The fourth-order valence-electron chi connectivity index (χ4n) is 2.52. The Hall–Kier alpha value is -4.07. The predicted molar refractivity (Wildman–Crippen MR) is 116 cm³/mol. The summed E-state index contributed by atoms with van der Waals surface area (Å²) in [6, 6.07) is 9.13. The summed E-state index contributed by atoms with van der Waals surface area (Å²) in [6.07, 6.45) is -4.83. The highest BCUT2D eigenvalue weighted by molar-refractivity contribution is 7.99. The number of carbonyl (C=O) groups excluding carboxylic acids is 2. The van der Waals surface area contributed by atoms with E-state index in [1.165, 1.54) is 24.3 Å². The van der Waals surface area contributed by atoms with Crippen LogP contribution in [0, 0.1) is 5.82 Å². The number of benzene rings is 2. The second-order valence-electron chi connectivity index (χ2n) is 6.50. The Morgan fingerprint density at radius 3 is 2.29 bits per heavy atom. The number of hydrogen-bond acceptors (Lipinski definition) is 7. The molecular formula is C20H15F4N5O4S. The van der Waals surface area contributed by atoms with Crippen LogP contribution < -0.4 is 26.7 Å². The van der Waals surface area contributed by atoms with Gasteiger partial charge in [0, 0.05) is 11.3 Å². The maximum atomic E-state index is 13.0. The van der Waals surface area contributed by atoms with Crippen molar-refractivity contribution < 1.29 is 31.9 Å². The number of halogens is 4. The quantitative estimate of drug-likeness (QED) is 0.223. The van der Waals surface area contributed by atoms with Gasteiger partial charge >= 0.3 is 6.36 Å². The van der Waals surface area contributed by atoms with Crippen molar-refractivity contribution in [2.24, 2.45) is 0 Å². The molecule has 14 heteroatoms. The molecule has 3 aromatic rings. The molecule has 34 heavy (non-hydrogen) atoms. The number of nitrogens with one attached hydrogen (secondary N) is 3. The van der Waals surface area contributed by atoms with E-state index in [-0.39, 0.29) is 33.7 Å². The molecule has 0 saturated heterocycles. The van der Waals surface area contributed by atoms with E-state index in [4.69, 9.17) is 5.73 Å². The molecule has 178 valence electrons. The highest BCUT2D eigenvalue weighted by atomic mass is 32.2. The van der Waals surface area contributed by atoms with Crippen LogP contribution in [0.2, 0.25) is 0 Å². The molecule has 5 N–H and O–H groups in total. The number of nitrogens with zero attached hydrogens (tertiary/aromatic N) is 1. The van der Waals surface area contributed by atoms with Gasteiger partial charge in [0.2, 0.25) is 5.91 Å². The van der Waals surface area contributed by atoms with Crippen LogP contribution in [0.5, 0.6) is 5.75 Å². The highest BCUT2D eigenvalue weighted by Crippen LogP contribution is 2.24. The number of hydrogen-bond donors (Lipinski definition) is 4. The predicted octanol–water partition coefficient (Wildman–Crippen LogP) is 3.37. The van der Waals surface area contributed by atoms with Crippen molar-refractivity contribution in [3.8, 4) is 5.75 Å². The maximum Gasteiger partial charge on any atom is 0.573 e. The fourth-order valence-corrected chi connectivity index (χ4v) is 3.18. The first-order valence-corrected chi connectivity index (χ1v) is 10.2. The summed E-state index contributed by atoms with van der Waals surface area (Å²) in [6.45, 7) is 0. The maximum absolute atomic E-state index is 13.0. The van der Waals surface area contributed by atoms with Gasteiger partial charge in [-0.3, -0.25) is 19.4 Å². The number of alkyl halides is 3. The van der Waals surface area contributed by atoms with E-state index in [0.717, 1.165) is 36.0 Å². The van der Waals surface area contributed by atoms with Crippen molar-refractivity contribution in [3.05, 3.63) is 70.3 Å². The molecule has 0 aliphatic heterocycles. The Bertz CT molecular complexity index is 1250. The minimum absolute atomic E-state index is 0.00800. The van der Waals surface area contributed by atoms with Gasteiger partial charge in [0.1, 0.15) is 17.3 Å². The lowest BCUT2D eigenvalue weighted by atomic mass is 10.2. The molecule has 0 aliphatic carbocycles. The molecule has 0 radical (unpaired) electrons. The Kier molecular flexibility index (Phi) is 7.40. The number of ether oxygens (including phenoxy) is 1. The van der Waals surface area contributed by atoms with Crippen molar-refractivity contribution in [2.45, 2.75) is 11.5 Å². The molecule has 2 aromatic carbocycles. The van der Waals surface area contributed by atoms with Crippen LogP contribution in [0.1, 0.15) is 10.4 Å². The van der Waals surface area contributed by atoms with Gasteiger partial charge in [-0.1, -0.05) is 11.8 Å². The summed E-state index contributed by atoms with van der Waals surface area (Å²) < 4.78 is 53.3. The first kappa shape index (κ1) is 24.6. The lowest BCUT2D eigenvalue weighted by Gasteiger charge is -2.10. The molecule has 0 saturated carbocycles. The first-order chi connectivity index (χ1) is 16.0. The molecule has 0 fully saturated rings. The van der Waals surface area contributed by atoms with Crippen molar-refractivity contribution >= 4 is 40.8 Å². The zero-order valence-corrected chi connectivity index (χ0v) is 17.7. The molecule has 0 unspecified atom stereocenters. The number of carbonyl (C=O) groups is 2. The molecule has 0 atom stereocenters. The molecular weight excluding hydrogens is 482 g/mol. The number of thioether (sulfide) groups is 1. The van der Waals surface area contributed by atoms with Gasteiger partial charge in [-0.2, -0.15) is 0 Å². The van der Waals surface area contributed by atoms with E-state index < -0.39 is 35.3 Å². The second-order valence-corrected chi connectivity index (χ2v) is 7.47. The number of H-pyrrole nitrogens is 1. The van der Waals surface area contributed by atoms with E-state index in [0.29, 0.717) is 0 Å². The molecule has 1 heterocycles. The third-order valence-corrected chi connectivity index (χ3v) is 4.86. The van der Waals surface area contributed by atoms with Crippen LogP contribution >= 0.6 is 11.8 Å². The molecule has 9 nitrogen and oxygen atoms in total.